The Bertz CT molecular complexity index is 1300. The molecule has 1 atom stereocenters. The minimum atomic E-state index is -3.66. The first-order valence-corrected chi connectivity index (χ1v) is 14.2. The first-order chi connectivity index (χ1) is 17.3. The Kier molecular flexibility index (Phi) is 6.74. The molecule has 0 radical (unpaired) electrons. The maximum Gasteiger partial charge on any atom is 0.243 e. The van der Waals surface area contributed by atoms with Gasteiger partial charge in [-0.3, -0.25) is 9.59 Å². The topological polar surface area (TPSA) is 78.0 Å². The van der Waals surface area contributed by atoms with E-state index in [4.69, 9.17) is 0 Å². The Hall–Kier alpha value is -2.97. The maximum atomic E-state index is 13.4. The zero-order valence-electron chi connectivity index (χ0n) is 20.9. The van der Waals surface area contributed by atoms with E-state index in [1.165, 1.54) is 22.4 Å². The molecule has 0 aromatic heterocycles. The third-order valence-electron chi connectivity index (χ3n) is 7.71. The number of hydrogen-bond donors (Lipinski definition) is 0. The van der Waals surface area contributed by atoms with Crippen molar-refractivity contribution in [3.05, 3.63) is 65.7 Å². The lowest BCUT2D eigenvalue weighted by atomic mass is 9.94. The van der Waals surface area contributed by atoms with Crippen molar-refractivity contribution in [2.75, 3.05) is 31.1 Å². The van der Waals surface area contributed by atoms with Crippen LogP contribution in [0.2, 0.25) is 0 Å². The van der Waals surface area contributed by atoms with Crippen molar-refractivity contribution in [2.45, 2.75) is 50.5 Å². The fourth-order valence-corrected chi connectivity index (χ4v) is 7.30. The number of piperidine rings is 1. The third kappa shape index (κ3) is 4.60. The Labute approximate surface area is 213 Å². The number of fused-ring (bicyclic) bond motifs is 1. The smallest absolute Gasteiger partial charge is 0.243 e. The van der Waals surface area contributed by atoms with Gasteiger partial charge in [0.1, 0.15) is 0 Å². The fourth-order valence-electron chi connectivity index (χ4n) is 5.78. The highest BCUT2D eigenvalue weighted by atomic mass is 32.2. The summed E-state index contributed by atoms with van der Waals surface area (Å²) < 4.78 is 28.3. The summed E-state index contributed by atoms with van der Waals surface area (Å²) in [6.45, 7) is 5.48. The summed E-state index contributed by atoms with van der Waals surface area (Å²) in [7, 11) is -3.66. The SMILES string of the molecule is CC(=O)N1c2ccc(S(=O)(=O)N3CCC(C(=O)N4CC=C(c5ccccc5)CC4)CC3)cc2C[C@@H]1C. The molecule has 2 aromatic rings. The van der Waals surface area contributed by atoms with Gasteiger partial charge in [-0.15, -0.1) is 0 Å². The molecule has 3 heterocycles. The molecule has 1 saturated heterocycles. The van der Waals surface area contributed by atoms with Crippen LogP contribution in [-0.2, 0) is 26.0 Å². The van der Waals surface area contributed by atoms with E-state index in [2.05, 4.69) is 18.2 Å². The highest BCUT2D eigenvalue weighted by Crippen LogP contribution is 2.35. The van der Waals surface area contributed by atoms with Crippen molar-refractivity contribution in [1.29, 1.82) is 0 Å². The predicted octanol–water partition coefficient (Wildman–Crippen LogP) is 3.70. The van der Waals surface area contributed by atoms with E-state index >= 15 is 0 Å². The van der Waals surface area contributed by atoms with E-state index in [1.807, 2.05) is 30.0 Å². The fraction of sp³-hybridized carbons (Fsp3) is 0.429. The maximum absolute atomic E-state index is 13.4. The van der Waals surface area contributed by atoms with Gasteiger partial charge in [0.15, 0.2) is 0 Å². The van der Waals surface area contributed by atoms with Crippen LogP contribution in [0.15, 0.2) is 59.5 Å². The van der Waals surface area contributed by atoms with Gasteiger partial charge in [-0.25, -0.2) is 8.42 Å². The summed E-state index contributed by atoms with van der Waals surface area (Å²) in [5.74, 6) is -0.0524. The number of carbonyl (C=O) groups is 2. The third-order valence-corrected chi connectivity index (χ3v) is 9.61. The van der Waals surface area contributed by atoms with E-state index in [0.717, 1.165) is 17.7 Å². The van der Waals surface area contributed by atoms with Gasteiger partial charge in [0, 0.05) is 50.7 Å². The van der Waals surface area contributed by atoms with Crippen LogP contribution in [0.3, 0.4) is 0 Å². The van der Waals surface area contributed by atoms with Crippen LogP contribution >= 0.6 is 0 Å². The minimum absolute atomic E-state index is 0.0191. The van der Waals surface area contributed by atoms with Crippen molar-refractivity contribution >= 4 is 33.1 Å². The molecule has 0 unspecified atom stereocenters. The highest BCUT2D eigenvalue weighted by Gasteiger charge is 2.36. The van der Waals surface area contributed by atoms with Gasteiger partial charge in [-0.05, 0) is 67.5 Å². The average molecular weight is 508 g/mol. The van der Waals surface area contributed by atoms with E-state index in [0.29, 0.717) is 45.4 Å². The summed E-state index contributed by atoms with van der Waals surface area (Å²) >= 11 is 0. The molecule has 0 spiro atoms. The van der Waals surface area contributed by atoms with Gasteiger partial charge in [-0.2, -0.15) is 4.31 Å². The number of nitrogens with zero attached hydrogens (tertiary/aromatic N) is 3. The Balaban J connectivity index is 1.21. The van der Waals surface area contributed by atoms with Gasteiger partial charge >= 0.3 is 0 Å². The first-order valence-electron chi connectivity index (χ1n) is 12.7. The first kappa shape index (κ1) is 24.7. The summed E-state index contributed by atoms with van der Waals surface area (Å²) in [5, 5.41) is 0. The van der Waals surface area contributed by atoms with Gasteiger partial charge in [-0.1, -0.05) is 36.4 Å². The van der Waals surface area contributed by atoms with Crippen LogP contribution in [0.25, 0.3) is 5.57 Å². The lowest BCUT2D eigenvalue weighted by Gasteiger charge is -2.35. The minimum Gasteiger partial charge on any atom is -0.338 e. The van der Waals surface area contributed by atoms with E-state index in [1.54, 1.807) is 23.1 Å². The predicted molar refractivity (Wildman–Crippen MR) is 140 cm³/mol. The lowest BCUT2D eigenvalue weighted by molar-refractivity contribution is -0.136. The van der Waals surface area contributed by atoms with Crippen LogP contribution in [0.5, 0.6) is 0 Å². The summed E-state index contributed by atoms with van der Waals surface area (Å²) in [6.07, 6.45) is 4.68. The standard InChI is InChI=1S/C28H33N3O4S/c1-20-18-25-19-26(8-9-27(25)31(20)21(2)32)36(34,35)30-16-12-24(13-17-30)28(33)29-14-10-23(11-15-29)22-6-4-3-5-7-22/h3-10,19-20,24H,11-18H2,1-2H3/t20-/m0/s1. The Morgan fingerprint density at radius 3 is 2.33 bits per heavy atom. The van der Waals surface area contributed by atoms with Gasteiger partial charge in [0.25, 0.3) is 0 Å². The summed E-state index contributed by atoms with van der Waals surface area (Å²) in [5.41, 5.74) is 4.16. The van der Waals surface area contributed by atoms with Gasteiger partial charge in [0.2, 0.25) is 21.8 Å². The van der Waals surface area contributed by atoms with Crippen molar-refractivity contribution in [2.24, 2.45) is 5.92 Å². The van der Waals surface area contributed by atoms with Gasteiger partial charge in [0.05, 0.1) is 4.90 Å². The molecular formula is C28H33N3O4S. The second-order valence-corrected chi connectivity index (χ2v) is 12.0. The van der Waals surface area contributed by atoms with E-state index in [9.17, 15) is 18.0 Å². The molecular weight excluding hydrogens is 474 g/mol. The van der Waals surface area contributed by atoms with Crippen LogP contribution in [-0.4, -0.2) is 61.7 Å². The van der Waals surface area contributed by atoms with Crippen LogP contribution in [0.1, 0.15) is 44.2 Å². The molecule has 1 fully saturated rings. The molecule has 3 aliphatic rings. The quantitative estimate of drug-likeness (QED) is 0.632. The molecule has 2 aromatic carbocycles. The molecule has 3 aliphatic heterocycles. The second kappa shape index (κ2) is 9.82. The summed E-state index contributed by atoms with van der Waals surface area (Å²) in [6, 6.07) is 15.3. The van der Waals surface area contributed by atoms with Crippen LogP contribution in [0, 0.1) is 5.92 Å². The molecule has 2 amide bonds. The molecule has 7 nitrogen and oxygen atoms in total. The number of rotatable bonds is 4. The van der Waals surface area contributed by atoms with E-state index < -0.39 is 10.0 Å². The molecule has 0 N–H and O–H groups in total. The number of anilines is 1. The monoisotopic (exact) mass is 507 g/mol. The summed E-state index contributed by atoms with van der Waals surface area (Å²) in [4.78, 5) is 29.1. The van der Waals surface area contributed by atoms with Crippen molar-refractivity contribution in [3.8, 4) is 0 Å². The normalized spacial score (nSPS) is 21.3. The molecule has 0 bridgehead atoms. The number of benzene rings is 2. The lowest BCUT2D eigenvalue weighted by Crippen LogP contribution is -2.45. The number of hydrogen-bond acceptors (Lipinski definition) is 4. The number of carbonyl (C=O) groups excluding carboxylic acids is 2. The Morgan fingerprint density at radius 1 is 0.972 bits per heavy atom. The van der Waals surface area contributed by atoms with Gasteiger partial charge < -0.3 is 9.80 Å². The van der Waals surface area contributed by atoms with Crippen molar-refractivity contribution in [3.63, 3.8) is 0 Å². The van der Waals surface area contributed by atoms with Crippen LogP contribution < -0.4 is 4.90 Å². The number of sulfonamides is 1. The average Bonchev–Trinajstić information content (AvgIpc) is 3.24. The second-order valence-electron chi connectivity index (χ2n) is 10.0. The Morgan fingerprint density at radius 2 is 1.69 bits per heavy atom. The molecule has 5 rings (SSSR count). The van der Waals surface area contributed by atoms with E-state index in [-0.39, 0.29) is 28.7 Å². The molecule has 190 valence electrons. The zero-order valence-corrected chi connectivity index (χ0v) is 21.7. The molecule has 8 heteroatoms. The van der Waals surface area contributed by atoms with Crippen molar-refractivity contribution in [1.82, 2.24) is 9.21 Å². The molecule has 0 saturated carbocycles. The largest absolute Gasteiger partial charge is 0.338 e. The number of amides is 2. The molecule has 0 aliphatic carbocycles. The zero-order chi connectivity index (χ0) is 25.4. The highest BCUT2D eigenvalue weighted by molar-refractivity contribution is 7.89. The molecule has 36 heavy (non-hydrogen) atoms. The van der Waals surface area contributed by atoms with Crippen molar-refractivity contribution < 1.29 is 18.0 Å². The van der Waals surface area contributed by atoms with Crippen LogP contribution in [0.4, 0.5) is 5.69 Å².